The molecule has 1 heterocycles. The van der Waals surface area contributed by atoms with Crippen LogP contribution in [0.5, 0.6) is 0 Å². The zero-order valence-electron chi connectivity index (χ0n) is 16.1. The molecule has 29 heavy (non-hydrogen) atoms. The van der Waals surface area contributed by atoms with E-state index >= 15 is 0 Å². The van der Waals surface area contributed by atoms with Crippen LogP contribution in [0, 0.1) is 17.7 Å². The van der Waals surface area contributed by atoms with E-state index in [0.717, 1.165) is 17.1 Å². The van der Waals surface area contributed by atoms with Gasteiger partial charge in [-0.2, -0.15) is 0 Å². The average Bonchev–Trinajstić information content (AvgIpc) is 3.36. The summed E-state index contributed by atoms with van der Waals surface area (Å²) in [5, 5.41) is 12.3. The Hall–Kier alpha value is -2.13. The maximum atomic E-state index is 13.3. The summed E-state index contributed by atoms with van der Waals surface area (Å²) < 4.78 is 14.2. The Morgan fingerprint density at radius 1 is 1.34 bits per heavy atom. The zero-order valence-corrected chi connectivity index (χ0v) is 17.8. The molecular weight excluding hydrogens is 413 g/mol. The minimum Gasteiger partial charge on any atom is -0.481 e. The van der Waals surface area contributed by atoms with Crippen LogP contribution in [-0.4, -0.2) is 34.4 Å². The molecule has 1 aliphatic rings. The molecule has 2 aromatic rings. The first-order valence-electron chi connectivity index (χ1n) is 9.58. The SMILES string of the molecule is CC(CSc1cnc(NC(=O)N(CC2CCCC2)c2ccc(F)cc2)s1)C(=O)O. The molecule has 2 N–H and O–H groups in total. The summed E-state index contributed by atoms with van der Waals surface area (Å²) in [5.74, 6) is -0.760. The summed E-state index contributed by atoms with van der Waals surface area (Å²) in [5.41, 5.74) is 0.650. The van der Waals surface area contributed by atoms with Gasteiger partial charge in [0.1, 0.15) is 5.82 Å². The van der Waals surface area contributed by atoms with E-state index in [4.69, 9.17) is 5.11 Å². The van der Waals surface area contributed by atoms with E-state index in [1.165, 1.54) is 48.1 Å². The second-order valence-corrected chi connectivity index (χ2v) is 9.55. The predicted molar refractivity (Wildman–Crippen MR) is 114 cm³/mol. The number of thioether (sulfide) groups is 1. The normalized spacial score (nSPS) is 15.2. The van der Waals surface area contributed by atoms with Crippen molar-refractivity contribution in [3.8, 4) is 0 Å². The maximum Gasteiger partial charge on any atom is 0.328 e. The standard InChI is InChI=1S/C20H24FN3O3S2/c1-13(18(25)26)12-28-17-10-22-19(29-17)23-20(27)24(11-14-4-2-3-5-14)16-8-6-15(21)7-9-16/h6-10,13-14H,2-5,11-12H2,1H3,(H,25,26)(H,22,23,27). The smallest absolute Gasteiger partial charge is 0.328 e. The highest BCUT2D eigenvalue weighted by Gasteiger charge is 2.24. The van der Waals surface area contributed by atoms with Crippen LogP contribution in [0.15, 0.2) is 34.7 Å². The molecule has 1 aromatic heterocycles. The van der Waals surface area contributed by atoms with Crippen molar-refractivity contribution in [1.29, 1.82) is 0 Å². The van der Waals surface area contributed by atoms with Crippen LogP contribution in [0.1, 0.15) is 32.6 Å². The number of carboxylic acids is 1. The number of halogens is 1. The van der Waals surface area contributed by atoms with Crippen LogP contribution in [0.2, 0.25) is 0 Å². The third-order valence-corrected chi connectivity index (χ3v) is 7.26. The van der Waals surface area contributed by atoms with Gasteiger partial charge in [-0.15, -0.1) is 11.8 Å². The third-order valence-electron chi connectivity index (χ3n) is 4.89. The lowest BCUT2D eigenvalue weighted by molar-refractivity contribution is -0.140. The second kappa shape index (κ2) is 10.1. The fraction of sp³-hybridized carbons (Fsp3) is 0.450. The fourth-order valence-electron chi connectivity index (χ4n) is 3.20. The Bertz CT molecular complexity index is 838. The fourth-order valence-corrected chi connectivity index (χ4v) is 5.10. The van der Waals surface area contributed by atoms with Crippen LogP contribution in [0.4, 0.5) is 20.0 Å². The Morgan fingerprint density at radius 3 is 2.69 bits per heavy atom. The van der Waals surface area contributed by atoms with Crippen molar-refractivity contribution >= 4 is 45.9 Å². The summed E-state index contributed by atoms with van der Waals surface area (Å²) in [6, 6.07) is 5.63. The highest BCUT2D eigenvalue weighted by molar-refractivity contribution is 8.01. The van der Waals surface area contributed by atoms with Crippen LogP contribution >= 0.6 is 23.1 Å². The summed E-state index contributed by atoms with van der Waals surface area (Å²) in [6.45, 7) is 2.24. The molecule has 1 aliphatic carbocycles. The highest BCUT2D eigenvalue weighted by Crippen LogP contribution is 2.31. The van der Waals surface area contributed by atoms with Gasteiger partial charge in [0.25, 0.3) is 0 Å². The molecule has 0 bridgehead atoms. The number of anilines is 2. The molecule has 1 atom stereocenters. The zero-order chi connectivity index (χ0) is 20.8. The van der Waals surface area contributed by atoms with Gasteiger partial charge in [0, 0.05) is 18.0 Å². The number of thiazole rings is 1. The summed E-state index contributed by atoms with van der Waals surface area (Å²) in [6.07, 6.45) is 6.16. The van der Waals surface area contributed by atoms with Crippen molar-refractivity contribution in [1.82, 2.24) is 4.98 Å². The molecule has 0 saturated heterocycles. The number of urea groups is 1. The van der Waals surface area contributed by atoms with Crippen molar-refractivity contribution in [3.63, 3.8) is 0 Å². The van der Waals surface area contributed by atoms with Crippen LogP contribution in [0.3, 0.4) is 0 Å². The highest BCUT2D eigenvalue weighted by atomic mass is 32.2. The number of aromatic nitrogens is 1. The third kappa shape index (κ3) is 6.17. The summed E-state index contributed by atoms with van der Waals surface area (Å²) >= 11 is 2.72. The number of carbonyl (C=O) groups excluding carboxylic acids is 1. The molecular formula is C20H24FN3O3S2. The summed E-state index contributed by atoms with van der Waals surface area (Å²) in [7, 11) is 0. The number of nitrogens with one attached hydrogen (secondary N) is 1. The predicted octanol–water partition coefficient (Wildman–Crippen LogP) is 5.32. The van der Waals surface area contributed by atoms with Gasteiger partial charge in [-0.25, -0.2) is 14.2 Å². The van der Waals surface area contributed by atoms with E-state index < -0.39 is 11.9 Å². The first-order valence-corrected chi connectivity index (χ1v) is 11.4. The molecule has 1 saturated carbocycles. The minimum atomic E-state index is -0.836. The van der Waals surface area contributed by atoms with Gasteiger partial charge in [-0.05, 0) is 43.0 Å². The Kier molecular flexibility index (Phi) is 7.49. The number of rotatable bonds is 8. The van der Waals surface area contributed by atoms with Crippen LogP contribution < -0.4 is 10.2 Å². The maximum absolute atomic E-state index is 13.3. The number of hydrogen-bond acceptors (Lipinski definition) is 5. The van der Waals surface area contributed by atoms with Crippen molar-refractivity contribution in [3.05, 3.63) is 36.3 Å². The van der Waals surface area contributed by atoms with Crippen molar-refractivity contribution in [2.45, 2.75) is 36.8 Å². The number of amides is 2. The van der Waals surface area contributed by atoms with Crippen molar-refractivity contribution in [2.75, 3.05) is 22.5 Å². The lowest BCUT2D eigenvalue weighted by Crippen LogP contribution is -2.38. The van der Waals surface area contributed by atoms with Gasteiger partial charge in [0.05, 0.1) is 16.3 Å². The first kappa shape index (κ1) is 21.6. The van der Waals surface area contributed by atoms with Gasteiger partial charge in [0.2, 0.25) is 0 Å². The van der Waals surface area contributed by atoms with Gasteiger partial charge in [-0.3, -0.25) is 15.0 Å². The topological polar surface area (TPSA) is 82.5 Å². The molecule has 0 radical (unpaired) electrons. The molecule has 6 nitrogen and oxygen atoms in total. The monoisotopic (exact) mass is 437 g/mol. The first-order chi connectivity index (χ1) is 13.9. The van der Waals surface area contributed by atoms with Crippen LogP contribution in [-0.2, 0) is 4.79 Å². The van der Waals surface area contributed by atoms with Crippen LogP contribution in [0.25, 0.3) is 0 Å². The Labute approximate surface area is 177 Å². The molecule has 0 spiro atoms. The van der Waals surface area contributed by atoms with E-state index in [9.17, 15) is 14.0 Å². The van der Waals surface area contributed by atoms with E-state index in [1.54, 1.807) is 30.2 Å². The molecule has 1 unspecified atom stereocenters. The van der Waals surface area contributed by atoms with E-state index in [0.29, 0.717) is 29.0 Å². The molecule has 1 fully saturated rings. The lowest BCUT2D eigenvalue weighted by atomic mass is 10.1. The number of benzene rings is 1. The molecule has 156 valence electrons. The van der Waals surface area contributed by atoms with Gasteiger partial charge in [0.15, 0.2) is 5.13 Å². The number of carboxylic acid groups (broad SMARTS) is 1. The molecule has 1 aromatic carbocycles. The minimum absolute atomic E-state index is 0.298. The quantitative estimate of drug-likeness (QED) is 0.546. The number of carbonyl (C=O) groups is 2. The molecule has 9 heteroatoms. The Balaban J connectivity index is 1.66. The van der Waals surface area contributed by atoms with Crippen molar-refractivity contribution in [2.24, 2.45) is 11.8 Å². The lowest BCUT2D eigenvalue weighted by Gasteiger charge is -2.25. The number of hydrogen-bond donors (Lipinski definition) is 2. The number of nitrogens with zero attached hydrogens (tertiary/aromatic N) is 2. The molecule has 2 amide bonds. The number of aliphatic carboxylic acids is 1. The largest absolute Gasteiger partial charge is 0.481 e. The average molecular weight is 438 g/mol. The van der Waals surface area contributed by atoms with Gasteiger partial charge < -0.3 is 5.11 Å². The van der Waals surface area contributed by atoms with Gasteiger partial charge in [-0.1, -0.05) is 31.1 Å². The molecule has 3 rings (SSSR count). The summed E-state index contributed by atoms with van der Waals surface area (Å²) in [4.78, 5) is 29.8. The molecule has 0 aliphatic heterocycles. The van der Waals surface area contributed by atoms with E-state index in [-0.39, 0.29) is 11.8 Å². The second-order valence-electron chi connectivity index (χ2n) is 7.20. The van der Waals surface area contributed by atoms with Crippen molar-refractivity contribution < 1.29 is 19.1 Å². The Morgan fingerprint density at radius 2 is 2.03 bits per heavy atom. The van der Waals surface area contributed by atoms with Gasteiger partial charge >= 0.3 is 12.0 Å². The van der Waals surface area contributed by atoms with E-state index in [2.05, 4.69) is 10.3 Å². The van der Waals surface area contributed by atoms with E-state index in [1.807, 2.05) is 0 Å².